The number of hydrogen-bond donors (Lipinski definition) is 1. The number of aryl methyl sites for hydroxylation is 1. The van der Waals surface area contributed by atoms with Gasteiger partial charge in [-0.05, 0) is 67.1 Å². The Morgan fingerprint density at radius 3 is 2.47 bits per heavy atom. The van der Waals surface area contributed by atoms with E-state index in [1.54, 1.807) is 17.4 Å². The first-order chi connectivity index (χ1) is 17.2. The van der Waals surface area contributed by atoms with Crippen molar-refractivity contribution in [3.8, 4) is 10.6 Å². The zero-order chi connectivity index (χ0) is 25.3. The Kier molecular flexibility index (Phi) is 6.68. The van der Waals surface area contributed by atoms with E-state index in [0.717, 1.165) is 26.9 Å². The lowest BCUT2D eigenvalue weighted by molar-refractivity contribution is -0.137. The molecule has 1 saturated heterocycles. The van der Waals surface area contributed by atoms with E-state index in [0.29, 0.717) is 37.6 Å². The fraction of sp³-hybridized carbons (Fsp3) is 0.259. The first-order valence-electron chi connectivity index (χ1n) is 11.7. The molecule has 5 nitrogen and oxygen atoms in total. The van der Waals surface area contributed by atoms with Crippen LogP contribution >= 0.6 is 11.3 Å². The van der Waals surface area contributed by atoms with E-state index in [2.05, 4.69) is 24.4 Å². The number of amides is 1. The lowest BCUT2D eigenvalue weighted by atomic mass is 10.1. The van der Waals surface area contributed by atoms with E-state index < -0.39 is 11.7 Å². The van der Waals surface area contributed by atoms with Gasteiger partial charge >= 0.3 is 6.18 Å². The van der Waals surface area contributed by atoms with E-state index in [-0.39, 0.29) is 12.5 Å². The van der Waals surface area contributed by atoms with Crippen LogP contribution in [0.2, 0.25) is 0 Å². The van der Waals surface area contributed by atoms with Crippen LogP contribution < -0.4 is 10.2 Å². The lowest BCUT2D eigenvalue weighted by Crippen LogP contribution is -2.48. The molecule has 9 heteroatoms. The van der Waals surface area contributed by atoms with Crippen LogP contribution in [0.4, 0.5) is 24.5 Å². The second-order valence-electron chi connectivity index (χ2n) is 8.93. The van der Waals surface area contributed by atoms with Gasteiger partial charge in [-0.25, -0.2) is 4.98 Å². The second-order valence-corrected chi connectivity index (χ2v) is 9.96. The van der Waals surface area contributed by atoms with Gasteiger partial charge in [-0.2, -0.15) is 13.2 Å². The molecule has 0 atom stereocenters. The number of alkyl halides is 3. The number of carbonyl (C=O) groups is 1. The van der Waals surface area contributed by atoms with Crippen LogP contribution in [0.3, 0.4) is 0 Å². The third kappa shape index (κ3) is 5.52. The molecule has 1 N–H and O–H groups in total. The molecule has 0 radical (unpaired) electrons. The maximum Gasteiger partial charge on any atom is 0.416 e. The molecule has 1 fully saturated rings. The van der Waals surface area contributed by atoms with Gasteiger partial charge in [-0.3, -0.25) is 9.69 Å². The predicted octanol–water partition coefficient (Wildman–Crippen LogP) is 6.05. The molecular weight excluding hydrogens is 485 g/mol. The monoisotopic (exact) mass is 510 g/mol. The summed E-state index contributed by atoms with van der Waals surface area (Å²) in [6.45, 7) is 4.61. The minimum atomic E-state index is -4.36. The highest BCUT2D eigenvalue weighted by atomic mass is 32.1. The number of nitrogens with zero attached hydrogens (tertiary/aromatic N) is 3. The highest BCUT2D eigenvalue weighted by Gasteiger charge is 2.31. The zero-order valence-corrected chi connectivity index (χ0v) is 20.5. The maximum atomic E-state index is 13.0. The highest BCUT2D eigenvalue weighted by Crippen LogP contribution is 2.32. The number of thiazole rings is 1. The first kappa shape index (κ1) is 24.3. The van der Waals surface area contributed by atoms with E-state index in [1.807, 2.05) is 40.1 Å². The molecule has 0 bridgehead atoms. The van der Waals surface area contributed by atoms with Gasteiger partial charge in [0.1, 0.15) is 5.01 Å². The first-order valence-corrected chi connectivity index (χ1v) is 12.5. The van der Waals surface area contributed by atoms with Crippen molar-refractivity contribution in [2.24, 2.45) is 0 Å². The van der Waals surface area contributed by atoms with E-state index in [4.69, 9.17) is 4.98 Å². The van der Waals surface area contributed by atoms with Crippen LogP contribution in [0.25, 0.3) is 20.8 Å². The van der Waals surface area contributed by atoms with Gasteiger partial charge in [0.15, 0.2) is 0 Å². The van der Waals surface area contributed by atoms with Gasteiger partial charge in [-0.1, -0.05) is 12.1 Å². The fourth-order valence-electron chi connectivity index (χ4n) is 4.30. The number of halogens is 3. The minimum absolute atomic E-state index is 0.120. The largest absolute Gasteiger partial charge is 0.416 e. The Hall–Kier alpha value is -3.43. The van der Waals surface area contributed by atoms with Gasteiger partial charge < -0.3 is 10.2 Å². The summed E-state index contributed by atoms with van der Waals surface area (Å²) in [6.07, 6.45) is -4.36. The molecule has 0 unspecified atom stereocenters. The van der Waals surface area contributed by atoms with Crippen LogP contribution in [-0.2, 0) is 11.0 Å². The molecule has 0 spiro atoms. The molecule has 2 heterocycles. The predicted molar refractivity (Wildman–Crippen MR) is 139 cm³/mol. The number of hydrogen-bond acceptors (Lipinski definition) is 5. The minimum Gasteiger partial charge on any atom is -0.369 e. The molecule has 36 heavy (non-hydrogen) atoms. The summed E-state index contributed by atoms with van der Waals surface area (Å²) in [5.41, 5.74) is 3.79. The van der Waals surface area contributed by atoms with Gasteiger partial charge in [0, 0.05) is 43.1 Å². The summed E-state index contributed by atoms with van der Waals surface area (Å²) in [5.74, 6) is -0.120. The van der Waals surface area contributed by atoms with Gasteiger partial charge in [-0.15, -0.1) is 11.3 Å². The quantitative estimate of drug-likeness (QED) is 0.355. The van der Waals surface area contributed by atoms with Crippen LogP contribution in [0.15, 0.2) is 66.7 Å². The maximum absolute atomic E-state index is 13.0. The lowest BCUT2D eigenvalue weighted by Gasteiger charge is -2.36. The number of piperazine rings is 1. The number of aromatic nitrogens is 1. The Bertz CT molecular complexity index is 1380. The summed E-state index contributed by atoms with van der Waals surface area (Å²) in [7, 11) is 0. The molecule has 1 amide bonds. The third-order valence-corrected chi connectivity index (χ3v) is 7.30. The summed E-state index contributed by atoms with van der Waals surface area (Å²) in [4.78, 5) is 21.2. The van der Waals surface area contributed by atoms with Gasteiger partial charge in [0.05, 0.1) is 22.3 Å². The van der Waals surface area contributed by atoms with Gasteiger partial charge in [0.2, 0.25) is 5.91 Å². The van der Waals surface area contributed by atoms with Crippen LogP contribution in [0.5, 0.6) is 0 Å². The molecule has 4 aromatic rings. The van der Waals surface area contributed by atoms with Crippen molar-refractivity contribution < 1.29 is 18.0 Å². The highest BCUT2D eigenvalue weighted by molar-refractivity contribution is 7.21. The van der Waals surface area contributed by atoms with E-state index in [1.165, 1.54) is 17.7 Å². The van der Waals surface area contributed by atoms with Crippen molar-refractivity contribution in [2.75, 3.05) is 42.9 Å². The number of nitrogens with one attached hydrogen (secondary N) is 1. The molecule has 0 saturated carbocycles. The number of benzene rings is 3. The van der Waals surface area contributed by atoms with Crippen molar-refractivity contribution in [3.63, 3.8) is 0 Å². The Labute approximate surface area is 211 Å². The molecule has 0 aliphatic carbocycles. The molecule has 5 rings (SSSR count). The molecule has 1 aliphatic rings. The smallest absolute Gasteiger partial charge is 0.369 e. The Morgan fingerprint density at radius 2 is 1.75 bits per heavy atom. The summed E-state index contributed by atoms with van der Waals surface area (Å²) in [6, 6.07) is 19.2. The zero-order valence-electron chi connectivity index (χ0n) is 19.7. The normalized spacial score (nSPS) is 14.8. The van der Waals surface area contributed by atoms with Crippen LogP contribution in [0.1, 0.15) is 11.1 Å². The summed E-state index contributed by atoms with van der Waals surface area (Å²) >= 11 is 1.64. The number of rotatable bonds is 5. The summed E-state index contributed by atoms with van der Waals surface area (Å²) in [5, 5.41) is 3.87. The van der Waals surface area contributed by atoms with Crippen molar-refractivity contribution in [3.05, 3.63) is 77.9 Å². The number of fused-ring (bicyclic) bond motifs is 1. The molecule has 1 aromatic heterocycles. The van der Waals surface area contributed by atoms with Crippen molar-refractivity contribution in [1.29, 1.82) is 0 Å². The Morgan fingerprint density at radius 1 is 1.00 bits per heavy atom. The van der Waals surface area contributed by atoms with Crippen molar-refractivity contribution >= 4 is 38.8 Å². The van der Waals surface area contributed by atoms with Crippen LogP contribution in [-0.4, -0.2) is 48.5 Å². The Balaban J connectivity index is 1.14. The van der Waals surface area contributed by atoms with Crippen molar-refractivity contribution in [1.82, 2.24) is 9.88 Å². The van der Waals surface area contributed by atoms with E-state index >= 15 is 0 Å². The van der Waals surface area contributed by atoms with Gasteiger partial charge in [0.25, 0.3) is 0 Å². The summed E-state index contributed by atoms with van der Waals surface area (Å²) < 4.78 is 40.2. The average Bonchev–Trinajstić information content (AvgIpc) is 3.28. The fourth-order valence-corrected chi connectivity index (χ4v) is 5.37. The third-order valence-electron chi connectivity index (χ3n) is 6.24. The molecule has 186 valence electrons. The van der Waals surface area contributed by atoms with Crippen LogP contribution in [0, 0.1) is 6.92 Å². The molecule has 1 aliphatic heterocycles. The topological polar surface area (TPSA) is 48.5 Å². The molecular formula is C27H25F3N4OS. The molecule has 3 aromatic carbocycles. The number of carbonyl (C=O) groups excluding carboxylic acids is 1. The number of anilines is 2. The average molecular weight is 511 g/mol. The SMILES string of the molecule is Cc1ccc2nc(-c3ccc(NC(=O)CN4CCN(c5cccc(C(F)(F)F)c5)CC4)cc3)sc2c1. The second kappa shape index (κ2) is 9.91. The van der Waals surface area contributed by atoms with Crippen molar-refractivity contribution in [2.45, 2.75) is 13.1 Å². The standard InChI is InChI=1S/C27H25F3N4OS/c1-18-5-10-23-24(15-18)36-26(32-23)19-6-8-21(9-7-19)31-25(35)17-33-11-13-34(14-12-33)22-4-2-3-20(16-22)27(28,29)30/h2-10,15-16H,11-14,17H2,1H3,(H,31,35). The van der Waals surface area contributed by atoms with E-state index in [9.17, 15) is 18.0 Å².